The number of amides is 1. The summed E-state index contributed by atoms with van der Waals surface area (Å²) in [6, 6.07) is 15.0. The number of carbonyl (C=O) groups is 1. The Labute approximate surface area is 182 Å². The first-order valence-corrected chi connectivity index (χ1v) is 10.8. The van der Waals surface area contributed by atoms with Crippen molar-refractivity contribution in [3.05, 3.63) is 77.0 Å². The topological polar surface area (TPSA) is 88.6 Å². The summed E-state index contributed by atoms with van der Waals surface area (Å²) < 4.78 is 0. The molecule has 1 heterocycles. The number of hydrogen-bond acceptors (Lipinski definition) is 4. The molecule has 1 aliphatic rings. The number of H-pyrrole nitrogens is 1. The molecular weight excluding hydrogens is 390 g/mol. The number of aromatic nitrogens is 1. The molecule has 0 unspecified atom stereocenters. The van der Waals surface area contributed by atoms with Crippen LogP contribution in [0.5, 0.6) is 0 Å². The summed E-state index contributed by atoms with van der Waals surface area (Å²) in [5.74, 6) is -0.526. The van der Waals surface area contributed by atoms with E-state index in [1.165, 1.54) is 28.2 Å². The highest BCUT2D eigenvalue weighted by molar-refractivity contribution is 5.94. The van der Waals surface area contributed by atoms with Crippen LogP contribution in [0.1, 0.15) is 41.6 Å². The lowest BCUT2D eigenvalue weighted by molar-refractivity contribution is -0.124. The molecule has 3 aromatic rings. The molecule has 0 radical (unpaired) electrons. The van der Waals surface area contributed by atoms with Crippen LogP contribution in [0.4, 0.5) is 0 Å². The van der Waals surface area contributed by atoms with Gasteiger partial charge >= 0.3 is 0 Å². The zero-order chi connectivity index (χ0) is 21.8. The minimum Gasteiger partial charge on any atom is -0.395 e. The first-order valence-electron chi connectivity index (χ1n) is 10.8. The molecule has 0 spiro atoms. The molecule has 0 bridgehead atoms. The van der Waals surface area contributed by atoms with Crippen LogP contribution < -0.4 is 5.48 Å². The number of aromatic amines is 1. The number of aliphatic hydroxyl groups is 1. The monoisotopic (exact) mass is 419 g/mol. The fourth-order valence-electron chi connectivity index (χ4n) is 4.69. The van der Waals surface area contributed by atoms with E-state index in [0.29, 0.717) is 6.54 Å². The second kappa shape index (κ2) is 9.47. The largest absolute Gasteiger partial charge is 0.395 e. The van der Waals surface area contributed by atoms with Gasteiger partial charge in [0, 0.05) is 42.3 Å². The summed E-state index contributed by atoms with van der Waals surface area (Å²) in [4.78, 5) is 17.2. The van der Waals surface area contributed by atoms with Gasteiger partial charge in [0.15, 0.2) is 0 Å². The molecule has 31 heavy (non-hydrogen) atoms. The summed E-state index contributed by atoms with van der Waals surface area (Å²) in [5, 5.41) is 19.7. The molecule has 0 fully saturated rings. The Balaban J connectivity index is 1.51. The predicted molar refractivity (Wildman–Crippen MR) is 122 cm³/mol. The molecule has 6 heteroatoms. The maximum atomic E-state index is 11.4. The average Bonchev–Trinajstić information content (AvgIpc) is 3.40. The molecular formula is C25H29N3O3. The Bertz CT molecular complexity index is 1100. The van der Waals surface area contributed by atoms with Gasteiger partial charge in [-0.15, -0.1) is 0 Å². The second-order valence-corrected chi connectivity index (χ2v) is 8.14. The Kier molecular flexibility index (Phi) is 6.51. The number of para-hydroxylation sites is 1. The van der Waals surface area contributed by atoms with Crippen molar-refractivity contribution in [2.24, 2.45) is 0 Å². The number of nitrogens with one attached hydrogen (secondary N) is 2. The van der Waals surface area contributed by atoms with E-state index in [1.807, 2.05) is 19.1 Å². The summed E-state index contributed by atoms with van der Waals surface area (Å²) in [7, 11) is 0. The highest BCUT2D eigenvalue weighted by Crippen LogP contribution is 2.37. The van der Waals surface area contributed by atoms with Gasteiger partial charge in [-0.1, -0.05) is 36.4 Å². The molecule has 1 amide bonds. The Morgan fingerprint density at radius 2 is 2.10 bits per heavy atom. The van der Waals surface area contributed by atoms with Gasteiger partial charge in [-0.3, -0.25) is 14.9 Å². The van der Waals surface area contributed by atoms with E-state index >= 15 is 0 Å². The Morgan fingerprint density at radius 1 is 1.26 bits per heavy atom. The standard InChI is InChI=1S/C25H29N3O3/c1-17(14-25(30)27-31)18-6-8-22-19(15-18)7-9-24(22)28(12-13-29)11-10-20-16-26-23-5-3-2-4-21(20)23/h2-6,8,14-16,24,26,29,31H,7,9-13H2,1H3,(H,27,30)/t24-/m1/s1. The highest BCUT2D eigenvalue weighted by atomic mass is 16.5. The van der Waals surface area contributed by atoms with Crippen molar-refractivity contribution in [1.29, 1.82) is 0 Å². The third-order valence-corrected chi connectivity index (χ3v) is 6.27. The van der Waals surface area contributed by atoms with E-state index in [0.717, 1.165) is 42.5 Å². The van der Waals surface area contributed by atoms with Gasteiger partial charge in [0.25, 0.3) is 5.91 Å². The Morgan fingerprint density at radius 3 is 2.90 bits per heavy atom. The van der Waals surface area contributed by atoms with Crippen LogP contribution in [0.15, 0.2) is 54.7 Å². The normalized spacial score (nSPS) is 16.1. The maximum Gasteiger partial charge on any atom is 0.267 e. The van der Waals surface area contributed by atoms with Gasteiger partial charge in [0.2, 0.25) is 0 Å². The van der Waals surface area contributed by atoms with Gasteiger partial charge in [0.1, 0.15) is 0 Å². The van der Waals surface area contributed by atoms with Gasteiger partial charge in [-0.25, -0.2) is 5.48 Å². The molecule has 6 nitrogen and oxygen atoms in total. The minimum atomic E-state index is -0.526. The number of hydroxylamine groups is 1. The van der Waals surface area contributed by atoms with Crippen LogP contribution in [0.25, 0.3) is 16.5 Å². The minimum absolute atomic E-state index is 0.135. The van der Waals surface area contributed by atoms with Crippen molar-refractivity contribution in [1.82, 2.24) is 15.4 Å². The van der Waals surface area contributed by atoms with E-state index in [4.69, 9.17) is 5.21 Å². The highest BCUT2D eigenvalue weighted by Gasteiger charge is 2.28. The summed E-state index contributed by atoms with van der Waals surface area (Å²) in [5.41, 5.74) is 8.48. The van der Waals surface area contributed by atoms with Gasteiger partial charge < -0.3 is 10.1 Å². The number of hydrogen-bond donors (Lipinski definition) is 4. The van der Waals surface area contributed by atoms with E-state index in [1.54, 1.807) is 5.48 Å². The number of rotatable bonds is 8. The molecule has 4 rings (SSSR count). The molecule has 1 atom stereocenters. The van der Waals surface area contributed by atoms with Crippen molar-refractivity contribution in [3.63, 3.8) is 0 Å². The lowest BCUT2D eigenvalue weighted by Crippen LogP contribution is -2.32. The zero-order valence-electron chi connectivity index (χ0n) is 17.8. The van der Waals surface area contributed by atoms with Crippen molar-refractivity contribution in [3.8, 4) is 0 Å². The number of carbonyl (C=O) groups excluding carboxylic acids is 1. The third-order valence-electron chi connectivity index (χ3n) is 6.27. The Hall–Kier alpha value is -2.93. The summed E-state index contributed by atoms with van der Waals surface area (Å²) in [6.07, 6.45) is 6.41. The van der Waals surface area contributed by atoms with Gasteiger partial charge in [0.05, 0.1) is 6.61 Å². The van der Waals surface area contributed by atoms with E-state index in [9.17, 15) is 9.90 Å². The maximum absolute atomic E-state index is 11.4. The van der Waals surface area contributed by atoms with Crippen molar-refractivity contribution >= 4 is 22.4 Å². The molecule has 4 N–H and O–H groups in total. The van der Waals surface area contributed by atoms with Crippen LogP contribution >= 0.6 is 0 Å². The average molecular weight is 420 g/mol. The van der Waals surface area contributed by atoms with Crippen molar-refractivity contribution in [2.75, 3.05) is 19.7 Å². The first kappa shape index (κ1) is 21.3. The fourth-order valence-corrected chi connectivity index (χ4v) is 4.69. The number of nitrogens with zero attached hydrogens (tertiary/aromatic N) is 1. The van der Waals surface area contributed by atoms with E-state index in [-0.39, 0.29) is 12.6 Å². The van der Waals surface area contributed by atoms with Crippen LogP contribution in [0, 0.1) is 0 Å². The van der Waals surface area contributed by atoms with Crippen molar-refractivity contribution < 1.29 is 15.1 Å². The van der Waals surface area contributed by atoms with E-state index < -0.39 is 5.91 Å². The van der Waals surface area contributed by atoms with Crippen LogP contribution in [0.3, 0.4) is 0 Å². The molecule has 1 aliphatic carbocycles. The second-order valence-electron chi connectivity index (χ2n) is 8.14. The molecule has 162 valence electrons. The smallest absolute Gasteiger partial charge is 0.267 e. The van der Waals surface area contributed by atoms with E-state index in [2.05, 4.69) is 46.4 Å². The molecule has 1 aromatic heterocycles. The summed E-state index contributed by atoms with van der Waals surface area (Å²) in [6.45, 7) is 3.52. The lowest BCUT2D eigenvalue weighted by atomic mass is 9.99. The van der Waals surface area contributed by atoms with Gasteiger partial charge in [-0.2, -0.15) is 0 Å². The molecule has 0 aliphatic heterocycles. The molecule has 0 saturated heterocycles. The quantitative estimate of drug-likeness (QED) is 0.255. The lowest BCUT2D eigenvalue weighted by Gasteiger charge is -2.29. The number of aryl methyl sites for hydroxylation is 1. The first-order chi connectivity index (χ1) is 15.1. The zero-order valence-corrected chi connectivity index (χ0v) is 17.8. The van der Waals surface area contributed by atoms with Crippen molar-refractivity contribution in [2.45, 2.75) is 32.2 Å². The predicted octanol–water partition coefficient (Wildman–Crippen LogP) is 3.60. The van der Waals surface area contributed by atoms with Crippen LogP contribution in [-0.2, 0) is 17.6 Å². The number of fused-ring (bicyclic) bond motifs is 2. The number of allylic oxidation sites excluding steroid dienone is 1. The van der Waals surface area contributed by atoms with Gasteiger partial charge in [-0.05, 0) is 60.1 Å². The molecule has 0 saturated carbocycles. The van der Waals surface area contributed by atoms with Crippen LogP contribution in [0.2, 0.25) is 0 Å². The third kappa shape index (κ3) is 4.56. The summed E-state index contributed by atoms with van der Waals surface area (Å²) >= 11 is 0. The fraction of sp³-hybridized carbons (Fsp3) is 0.320. The van der Waals surface area contributed by atoms with Crippen LogP contribution in [-0.4, -0.2) is 45.8 Å². The SMILES string of the molecule is CC(=CC(=O)NO)c1ccc2c(c1)CC[C@H]2N(CCO)CCc1c[nH]c2ccccc12. The number of benzene rings is 2. The molecule has 2 aromatic carbocycles. The number of aliphatic hydroxyl groups excluding tert-OH is 1.